The fourth-order valence-electron chi connectivity index (χ4n) is 8.19. The molecule has 6 nitrogen and oxygen atoms in total. The molecule has 1 unspecified atom stereocenters. The van der Waals surface area contributed by atoms with Gasteiger partial charge in [-0.2, -0.15) is 0 Å². The number of unbranched alkanes of at least 4 members (excludes halogenated alkanes) is 31. The van der Waals surface area contributed by atoms with E-state index in [9.17, 15) is 14.4 Å². The van der Waals surface area contributed by atoms with Gasteiger partial charge in [0.15, 0.2) is 6.10 Å². The smallest absolute Gasteiger partial charge is 0.306 e. The Hall–Kier alpha value is -2.89. The molecule has 1 atom stereocenters. The number of rotatable bonds is 52. The highest BCUT2D eigenvalue weighted by Gasteiger charge is 2.19. The molecule has 388 valence electrons. The molecule has 0 fully saturated rings. The second-order valence-electron chi connectivity index (χ2n) is 19.2. The summed E-state index contributed by atoms with van der Waals surface area (Å²) in [6, 6.07) is 0. The topological polar surface area (TPSA) is 78.9 Å². The zero-order valence-electron chi connectivity index (χ0n) is 44.4. The Morgan fingerprint density at radius 3 is 0.940 bits per heavy atom. The minimum Gasteiger partial charge on any atom is -0.462 e. The van der Waals surface area contributed by atoms with E-state index < -0.39 is 6.10 Å². The standard InChI is InChI=1S/C61H108O6/c1-4-7-10-13-16-19-22-25-28-29-30-31-34-36-39-42-45-48-51-54-60(63)66-57-58(67-61(64)55-52-49-46-43-40-37-33-27-24-21-18-15-12-9-6-3)56-65-59(62)53-50-47-44-41-38-35-32-26-23-20-17-14-11-8-5-2/h7,10,16,19,21,24-25,28,30-31,58H,4-6,8-9,11-15,17-18,20,22-23,26-27,29,32-57H2,1-3H3/b10-7-,19-16-,24-21-,28-25-,31-30-. The lowest BCUT2D eigenvalue weighted by Gasteiger charge is -2.18. The highest BCUT2D eigenvalue weighted by Crippen LogP contribution is 2.16. The highest BCUT2D eigenvalue weighted by atomic mass is 16.6. The number of allylic oxidation sites excluding steroid dienone is 10. The molecular weight excluding hydrogens is 829 g/mol. The summed E-state index contributed by atoms with van der Waals surface area (Å²) in [5, 5.41) is 0. The van der Waals surface area contributed by atoms with Crippen molar-refractivity contribution in [3.8, 4) is 0 Å². The largest absolute Gasteiger partial charge is 0.462 e. The predicted octanol–water partition coefficient (Wildman–Crippen LogP) is 19.2. The molecule has 0 aliphatic rings. The van der Waals surface area contributed by atoms with Crippen LogP contribution in [0.5, 0.6) is 0 Å². The van der Waals surface area contributed by atoms with Crippen molar-refractivity contribution in [2.75, 3.05) is 13.2 Å². The van der Waals surface area contributed by atoms with Gasteiger partial charge in [-0.15, -0.1) is 0 Å². The fraction of sp³-hybridized carbons (Fsp3) is 0.787. The second-order valence-corrected chi connectivity index (χ2v) is 19.2. The number of carbonyl (C=O) groups excluding carboxylic acids is 3. The summed E-state index contributed by atoms with van der Waals surface area (Å²) in [4.78, 5) is 38.2. The van der Waals surface area contributed by atoms with Gasteiger partial charge in [0.2, 0.25) is 0 Å². The van der Waals surface area contributed by atoms with Crippen molar-refractivity contribution in [2.24, 2.45) is 0 Å². The number of hydrogen-bond donors (Lipinski definition) is 0. The Balaban J connectivity index is 4.38. The summed E-state index contributed by atoms with van der Waals surface area (Å²) in [5.41, 5.74) is 0. The van der Waals surface area contributed by atoms with Crippen LogP contribution in [0.15, 0.2) is 60.8 Å². The summed E-state index contributed by atoms with van der Waals surface area (Å²) in [6.45, 7) is 6.53. The number of carbonyl (C=O) groups is 3. The van der Waals surface area contributed by atoms with Gasteiger partial charge in [-0.05, 0) is 83.5 Å². The van der Waals surface area contributed by atoms with Crippen LogP contribution in [0.25, 0.3) is 0 Å². The van der Waals surface area contributed by atoms with Gasteiger partial charge in [0.05, 0.1) is 0 Å². The second kappa shape index (κ2) is 55.7. The molecule has 0 aromatic carbocycles. The quantitative estimate of drug-likeness (QED) is 0.0262. The van der Waals surface area contributed by atoms with Gasteiger partial charge >= 0.3 is 17.9 Å². The Morgan fingerprint density at radius 1 is 0.313 bits per heavy atom. The molecule has 0 saturated heterocycles. The Morgan fingerprint density at radius 2 is 0.582 bits per heavy atom. The lowest BCUT2D eigenvalue weighted by atomic mass is 10.0. The maximum atomic E-state index is 12.8. The summed E-state index contributed by atoms with van der Waals surface area (Å²) in [7, 11) is 0. The van der Waals surface area contributed by atoms with E-state index in [4.69, 9.17) is 14.2 Å². The molecule has 0 saturated carbocycles. The number of esters is 3. The van der Waals surface area contributed by atoms with E-state index in [0.717, 1.165) is 89.9 Å². The number of hydrogen-bond acceptors (Lipinski definition) is 6. The molecule has 0 aromatic rings. The lowest BCUT2D eigenvalue weighted by molar-refractivity contribution is -0.167. The molecule has 0 N–H and O–H groups in total. The van der Waals surface area contributed by atoms with Crippen LogP contribution in [0.4, 0.5) is 0 Å². The molecule has 0 aliphatic heterocycles. The zero-order chi connectivity index (χ0) is 48.6. The molecule has 0 amide bonds. The molecule has 0 radical (unpaired) electrons. The molecule has 67 heavy (non-hydrogen) atoms. The lowest BCUT2D eigenvalue weighted by Crippen LogP contribution is -2.30. The Labute approximate surface area is 415 Å². The van der Waals surface area contributed by atoms with E-state index in [1.807, 2.05) is 0 Å². The first-order chi connectivity index (χ1) is 33.0. The third-order valence-corrected chi connectivity index (χ3v) is 12.5. The van der Waals surface area contributed by atoms with Crippen LogP contribution in [0.2, 0.25) is 0 Å². The van der Waals surface area contributed by atoms with Gasteiger partial charge in [-0.3, -0.25) is 14.4 Å². The molecule has 0 aromatic heterocycles. The van der Waals surface area contributed by atoms with E-state index in [1.54, 1.807) is 0 Å². The fourth-order valence-corrected chi connectivity index (χ4v) is 8.19. The van der Waals surface area contributed by atoms with Crippen LogP contribution < -0.4 is 0 Å². The molecule has 0 spiro atoms. The van der Waals surface area contributed by atoms with Crippen molar-refractivity contribution in [1.82, 2.24) is 0 Å². The summed E-state index contributed by atoms with van der Waals surface area (Å²) in [6.07, 6.45) is 69.2. The van der Waals surface area contributed by atoms with E-state index >= 15 is 0 Å². The average molecular weight is 938 g/mol. The van der Waals surface area contributed by atoms with Crippen molar-refractivity contribution < 1.29 is 28.6 Å². The van der Waals surface area contributed by atoms with Gasteiger partial charge in [-0.25, -0.2) is 0 Å². The first kappa shape index (κ1) is 64.1. The minimum atomic E-state index is -0.781. The highest BCUT2D eigenvalue weighted by molar-refractivity contribution is 5.71. The van der Waals surface area contributed by atoms with Crippen molar-refractivity contribution in [3.63, 3.8) is 0 Å². The Kier molecular flexibility index (Phi) is 53.3. The molecule has 0 rings (SSSR count). The van der Waals surface area contributed by atoms with E-state index in [1.165, 1.54) is 161 Å². The third kappa shape index (κ3) is 53.9. The van der Waals surface area contributed by atoms with Crippen molar-refractivity contribution >= 4 is 17.9 Å². The summed E-state index contributed by atoms with van der Waals surface area (Å²) >= 11 is 0. The van der Waals surface area contributed by atoms with Crippen LogP contribution >= 0.6 is 0 Å². The molecule has 0 heterocycles. The first-order valence-electron chi connectivity index (χ1n) is 28.8. The molecule has 6 heteroatoms. The van der Waals surface area contributed by atoms with Crippen LogP contribution in [0.3, 0.4) is 0 Å². The SMILES string of the molecule is CC/C=C\C/C=C\C/C=C\C/C=C\CCCCCCCCC(=O)OCC(COC(=O)CCCCCCCCCCCCCCCCC)OC(=O)CCCCCCCCC/C=C\CCCCCC. The van der Waals surface area contributed by atoms with Crippen LogP contribution in [-0.2, 0) is 28.6 Å². The van der Waals surface area contributed by atoms with E-state index in [0.29, 0.717) is 19.3 Å². The first-order valence-corrected chi connectivity index (χ1v) is 28.8. The van der Waals surface area contributed by atoms with Gasteiger partial charge in [0, 0.05) is 19.3 Å². The summed E-state index contributed by atoms with van der Waals surface area (Å²) in [5.74, 6) is -0.884. The average Bonchev–Trinajstić information content (AvgIpc) is 3.33. The van der Waals surface area contributed by atoms with Crippen molar-refractivity contribution in [3.05, 3.63) is 60.8 Å². The monoisotopic (exact) mass is 937 g/mol. The predicted molar refractivity (Wildman–Crippen MR) is 288 cm³/mol. The van der Waals surface area contributed by atoms with Crippen molar-refractivity contribution in [2.45, 2.75) is 297 Å². The minimum absolute atomic E-state index is 0.0778. The molecule has 0 aliphatic carbocycles. The maximum absolute atomic E-state index is 12.8. The van der Waals surface area contributed by atoms with Gasteiger partial charge in [-0.1, -0.05) is 248 Å². The van der Waals surface area contributed by atoms with Crippen molar-refractivity contribution in [1.29, 1.82) is 0 Å². The molecule has 0 bridgehead atoms. The van der Waals surface area contributed by atoms with E-state index in [-0.39, 0.29) is 31.1 Å². The third-order valence-electron chi connectivity index (χ3n) is 12.5. The van der Waals surface area contributed by atoms with E-state index in [2.05, 4.69) is 81.5 Å². The van der Waals surface area contributed by atoms with Crippen LogP contribution in [-0.4, -0.2) is 37.2 Å². The van der Waals surface area contributed by atoms with Crippen LogP contribution in [0, 0.1) is 0 Å². The number of ether oxygens (including phenoxy) is 3. The summed E-state index contributed by atoms with van der Waals surface area (Å²) < 4.78 is 16.9. The molecular formula is C61H108O6. The van der Waals surface area contributed by atoms with Gasteiger partial charge in [0.25, 0.3) is 0 Å². The van der Waals surface area contributed by atoms with Gasteiger partial charge in [0.1, 0.15) is 13.2 Å². The Bertz CT molecular complexity index is 1210. The van der Waals surface area contributed by atoms with Gasteiger partial charge < -0.3 is 14.2 Å². The van der Waals surface area contributed by atoms with Crippen LogP contribution in [0.1, 0.15) is 290 Å². The normalized spacial score (nSPS) is 12.5. The maximum Gasteiger partial charge on any atom is 0.306 e. The zero-order valence-corrected chi connectivity index (χ0v) is 44.4.